The minimum Gasteiger partial charge on any atom is -0.493 e. The molecule has 1 aromatic carbocycles. The van der Waals surface area contributed by atoms with E-state index < -0.39 is 0 Å². The van der Waals surface area contributed by atoms with Crippen molar-refractivity contribution < 1.29 is 23.8 Å². The second kappa shape index (κ2) is 7.83. The molecule has 0 aliphatic heterocycles. The fraction of sp³-hybridized carbons (Fsp3) is 0.444. The number of ether oxygens (including phenoxy) is 3. The van der Waals surface area contributed by atoms with Crippen LogP contribution in [0.2, 0.25) is 0 Å². The SMILES string of the molecule is COC(=O)C1CCC(=O)C(Cc2ccc(OC)c(OC)c2Br)=C1C. The summed E-state index contributed by atoms with van der Waals surface area (Å²) in [5.74, 6) is 0.641. The van der Waals surface area contributed by atoms with Gasteiger partial charge in [0.1, 0.15) is 0 Å². The summed E-state index contributed by atoms with van der Waals surface area (Å²) in [4.78, 5) is 24.3. The Kier molecular flexibility index (Phi) is 6.04. The van der Waals surface area contributed by atoms with Gasteiger partial charge >= 0.3 is 5.97 Å². The Hall–Kier alpha value is -1.82. The van der Waals surface area contributed by atoms with Gasteiger partial charge in [0.15, 0.2) is 17.3 Å². The van der Waals surface area contributed by atoms with Crippen LogP contribution in [0.15, 0.2) is 27.8 Å². The molecule has 0 aromatic heterocycles. The number of methoxy groups -OCH3 is 3. The zero-order valence-electron chi connectivity index (χ0n) is 14.3. The molecule has 2 rings (SSSR count). The second-order valence-corrected chi connectivity index (χ2v) is 6.44. The molecule has 0 saturated carbocycles. The monoisotopic (exact) mass is 396 g/mol. The second-order valence-electron chi connectivity index (χ2n) is 5.65. The number of allylic oxidation sites excluding steroid dienone is 1. The molecule has 6 heteroatoms. The van der Waals surface area contributed by atoms with Crippen molar-refractivity contribution in [2.24, 2.45) is 5.92 Å². The zero-order chi connectivity index (χ0) is 17.9. The molecule has 24 heavy (non-hydrogen) atoms. The van der Waals surface area contributed by atoms with Gasteiger partial charge in [-0.15, -0.1) is 0 Å². The Morgan fingerprint density at radius 2 is 1.96 bits per heavy atom. The van der Waals surface area contributed by atoms with E-state index in [1.54, 1.807) is 20.3 Å². The predicted molar refractivity (Wildman–Crippen MR) is 93.4 cm³/mol. The third-order valence-electron chi connectivity index (χ3n) is 4.41. The molecule has 130 valence electrons. The van der Waals surface area contributed by atoms with Crippen molar-refractivity contribution in [1.82, 2.24) is 0 Å². The number of Topliss-reactive ketones (excluding diaryl/α,β-unsaturated/α-hetero) is 1. The van der Waals surface area contributed by atoms with Gasteiger partial charge in [0.2, 0.25) is 0 Å². The van der Waals surface area contributed by atoms with Crippen LogP contribution in [0.4, 0.5) is 0 Å². The minimum absolute atomic E-state index is 0.0781. The summed E-state index contributed by atoms with van der Waals surface area (Å²) in [6, 6.07) is 3.70. The van der Waals surface area contributed by atoms with Gasteiger partial charge in [0.25, 0.3) is 0 Å². The average molecular weight is 397 g/mol. The third kappa shape index (κ3) is 3.48. The maximum Gasteiger partial charge on any atom is 0.312 e. The standard InChI is InChI=1S/C18H21BrO5/c1-10-12(18(21)24-4)6-7-14(20)13(10)9-11-5-8-15(22-2)17(23-3)16(11)19/h5,8,12H,6-7,9H2,1-4H3. The smallest absolute Gasteiger partial charge is 0.312 e. The number of carbonyl (C=O) groups excluding carboxylic acids is 2. The summed E-state index contributed by atoms with van der Waals surface area (Å²) in [6.45, 7) is 1.84. The molecule has 1 unspecified atom stereocenters. The molecule has 0 amide bonds. The Labute approximate surface area is 150 Å². The van der Waals surface area contributed by atoms with E-state index in [-0.39, 0.29) is 17.7 Å². The normalized spacial score (nSPS) is 17.7. The summed E-state index contributed by atoms with van der Waals surface area (Å²) < 4.78 is 16.3. The van der Waals surface area contributed by atoms with Gasteiger partial charge in [-0.25, -0.2) is 0 Å². The van der Waals surface area contributed by atoms with E-state index in [1.165, 1.54) is 7.11 Å². The molecule has 1 aliphatic carbocycles. The Balaban J connectivity index is 2.41. The Morgan fingerprint density at radius 1 is 1.25 bits per heavy atom. The lowest BCUT2D eigenvalue weighted by Crippen LogP contribution is -2.26. The molecule has 0 N–H and O–H groups in total. The number of benzene rings is 1. The third-order valence-corrected chi connectivity index (χ3v) is 5.28. The average Bonchev–Trinajstić information content (AvgIpc) is 2.58. The molecule has 0 fully saturated rings. The molecule has 1 atom stereocenters. The molecule has 1 aromatic rings. The molecule has 0 saturated heterocycles. The van der Waals surface area contributed by atoms with E-state index in [9.17, 15) is 9.59 Å². The summed E-state index contributed by atoms with van der Waals surface area (Å²) in [5, 5.41) is 0. The van der Waals surface area contributed by atoms with E-state index in [1.807, 2.05) is 13.0 Å². The number of carbonyl (C=O) groups is 2. The van der Waals surface area contributed by atoms with Crippen molar-refractivity contribution in [2.75, 3.05) is 21.3 Å². The van der Waals surface area contributed by atoms with Crippen molar-refractivity contribution in [3.8, 4) is 11.5 Å². The minimum atomic E-state index is -0.346. The van der Waals surface area contributed by atoms with Crippen LogP contribution < -0.4 is 9.47 Å². The van der Waals surface area contributed by atoms with Gasteiger partial charge < -0.3 is 14.2 Å². The van der Waals surface area contributed by atoms with Gasteiger partial charge in [-0.05, 0) is 46.5 Å². The van der Waals surface area contributed by atoms with Crippen molar-refractivity contribution in [1.29, 1.82) is 0 Å². The van der Waals surface area contributed by atoms with Crippen LogP contribution in [0.5, 0.6) is 11.5 Å². The fourth-order valence-electron chi connectivity index (χ4n) is 3.00. The largest absolute Gasteiger partial charge is 0.493 e. The topological polar surface area (TPSA) is 61.8 Å². The van der Waals surface area contributed by atoms with Gasteiger partial charge in [-0.1, -0.05) is 11.6 Å². The highest BCUT2D eigenvalue weighted by molar-refractivity contribution is 9.10. The predicted octanol–water partition coefficient (Wildman–Crippen LogP) is 3.48. The number of ketones is 1. The van der Waals surface area contributed by atoms with Crippen LogP contribution >= 0.6 is 15.9 Å². The molecule has 0 spiro atoms. The van der Waals surface area contributed by atoms with Gasteiger partial charge in [0.05, 0.1) is 31.7 Å². The number of hydrogen-bond acceptors (Lipinski definition) is 5. The van der Waals surface area contributed by atoms with Crippen LogP contribution in [0, 0.1) is 5.92 Å². The van der Waals surface area contributed by atoms with Crippen molar-refractivity contribution in [3.63, 3.8) is 0 Å². The van der Waals surface area contributed by atoms with Crippen LogP contribution in [0.1, 0.15) is 25.3 Å². The summed E-state index contributed by atoms with van der Waals surface area (Å²) in [7, 11) is 4.51. The molecular weight excluding hydrogens is 376 g/mol. The lowest BCUT2D eigenvalue weighted by molar-refractivity contribution is -0.144. The Bertz CT molecular complexity index is 693. The highest BCUT2D eigenvalue weighted by atomic mass is 79.9. The maximum atomic E-state index is 12.4. The zero-order valence-corrected chi connectivity index (χ0v) is 15.9. The summed E-state index contributed by atoms with van der Waals surface area (Å²) >= 11 is 3.53. The highest BCUT2D eigenvalue weighted by Crippen LogP contribution is 2.39. The van der Waals surface area contributed by atoms with Gasteiger partial charge in [-0.2, -0.15) is 0 Å². The quantitative estimate of drug-likeness (QED) is 0.712. The van der Waals surface area contributed by atoms with E-state index in [0.29, 0.717) is 36.3 Å². The van der Waals surface area contributed by atoms with Crippen molar-refractivity contribution in [2.45, 2.75) is 26.2 Å². The highest BCUT2D eigenvalue weighted by Gasteiger charge is 2.31. The van der Waals surface area contributed by atoms with Crippen LogP contribution in [0.25, 0.3) is 0 Å². The number of esters is 1. The number of halogens is 1. The first-order valence-electron chi connectivity index (χ1n) is 7.64. The first-order chi connectivity index (χ1) is 11.4. The summed E-state index contributed by atoms with van der Waals surface area (Å²) in [6.07, 6.45) is 1.30. The Morgan fingerprint density at radius 3 is 2.54 bits per heavy atom. The van der Waals surface area contributed by atoms with Crippen LogP contribution in [-0.4, -0.2) is 33.1 Å². The molecular formula is C18H21BrO5. The maximum absolute atomic E-state index is 12.4. The molecule has 1 aliphatic rings. The first-order valence-corrected chi connectivity index (χ1v) is 8.43. The lowest BCUT2D eigenvalue weighted by atomic mass is 9.80. The van der Waals surface area contributed by atoms with E-state index in [0.717, 1.165) is 15.6 Å². The van der Waals surface area contributed by atoms with E-state index in [4.69, 9.17) is 14.2 Å². The van der Waals surface area contributed by atoms with Crippen LogP contribution in [0.3, 0.4) is 0 Å². The van der Waals surface area contributed by atoms with E-state index in [2.05, 4.69) is 15.9 Å². The molecule has 0 radical (unpaired) electrons. The lowest BCUT2D eigenvalue weighted by Gasteiger charge is -2.24. The van der Waals surface area contributed by atoms with E-state index >= 15 is 0 Å². The molecule has 0 bridgehead atoms. The van der Waals surface area contributed by atoms with Crippen molar-refractivity contribution >= 4 is 27.7 Å². The fourth-order valence-corrected chi connectivity index (χ4v) is 3.63. The van der Waals surface area contributed by atoms with Gasteiger partial charge in [-0.3, -0.25) is 9.59 Å². The molecule has 5 nitrogen and oxygen atoms in total. The summed E-state index contributed by atoms with van der Waals surface area (Å²) in [5.41, 5.74) is 2.37. The first kappa shape index (κ1) is 18.5. The van der Waals surface area contributed by atoms with Crippen LogP contribution in [-0.2, 0) is 20.7 Å². The molecule has 0 heterocycles. The van der Waals surface area contributed by atoms with Gasteiger partial charge in [0, 0.05) is 12.8 Å². The number of hydrogen-bond donors (Lipinski definition) is 0. The number of rotatable bonds is 5. The van der Waals surface area contributed by atoms with Crippen molar-refractivity contribution in [3.05, 3.63) is 33.3 Å².